The number of rotatable bonds is 2. The number of imide groups is 1. The summed E-state index contributed by atoms with van der Waals surface area (Å²) in [5.74, 6) is -1.19. The highest BCUT2D eigenvalue weighted by Crippen LogP contribution is 2.07. The molecule has 3 amide bonds. The van der Waals surface area contributed by atoms with Crippen molar-refractivity contribution in [2.75, 3.05) is 19.6 Å². The van der Waals surface area contributed by atoms with Gasteiger partial charge in [-0.3, -0.25) is 14.5 Å². The van der Waals surface area contributed by atoms with E-state index in [0.717, 1.165) is 4.90 Å². The van der Waals surface area contributed by atoms with Crippen molar-refractivity contribution < 1.29 is 14.4 Å². The standard InChI is InChI=1S/C8H12N2O3/c1-3-9-5-6(11)7(12)10(4-2)8(9)13/h3-5H2,1-2H3. The average molecular weight is 184 g/mol. The number of Topliss-reactive ketones (excluding diaryl/α,β-unsaturated/α-hetero) is 1. The normalized spacial score (nSPS) is 18.5. The molecule has 0 spiro atoms. The maximum Gasteiger partial charge on any atom is 0.327 e. The van der Waals surface area contributed by atoms with Crippen LogP contribution in [0.15, 0.2) is 0 Å². The lowest BCUT2D eigenvalue weighted by Gasteiger charge is -2.31. The zero-order valence-electron chi connectivity index (χ0n) is 7.74. The summed E-state index contributed by atoms with van der Waals surface area (Å²) in [5.41, 5.74) is 0. The Bertz CT molecular complexity index is 262. The molecule has 1 aliphatic heterocycles. The molecule has 1 aliphatic rings. The lowest BCUT2D eigenvalue weighted by Crippen LogP contribution is -2.56. The molecule has 0 unspecified atom stereocenters. The van der Waals surface area contributed by atoms with Crippen molar-refractivity contribution in [1.82, 2.24) is 9.80 Å². The summed E-state index contributed by atoms with van der Waals surface area (Å²) in [5, 5.41) is 0. The average Bonchev–Trinajstić information content (AvgIpc) is 2.12. The van der Waals surface area contributed by atoms with Crippen molar-refractivity contribution in [3.8, 4) is 0 Å². The Balaban J connectivity index is 2.87. The van der Waals surface area contributed by atoms with Gasteiger partial charge < -0.3 is 4.90 Å². The molecule has 0 saturated carbocycles. The van der Waals surface area contributed by atoms with Gasteiger partial charge in [-0.1, -0.05) is 0 Å². The summed E-state index contributed by atoms with van der Waals surface area (Å²) in [6, 6.07) is -0.366. The topological polar surface area (TPSA) is 57.7 Å². The fourth-order valence-electron chi connectivity index (χ4n) is 1.24. The highest BCUT2D eigenvalue weighted by atomic mass is 16.2. The third-order valence-corrected chi connectivity index (χ3v) is 2.02. The fourth-order valence-corrected chi connectivity index (χ4v) is 1.24. The first-order valence-corrected chi connectivity index (χ1v) is 4.25. The summed E-state index contributed by atoms with van der Waals surface area (Å²) in [6.07, 6.45) is 0. The van der Waals surface area contributed by atoms with Crippen LogP contribution in [0, 0.1) is 0 Å². The molecule has 0 radical (unpaired) electrons. The predicted molar refractivity (Wildman–Crippen MR) is 45.0 cm³/mol. The first-order chi connectivity index (χ1) is 6.11. The van der Waals surface area contributed by atoms with Crippen LogP contribution < -0.4 is 0 Å². The predicted octanol–water partition coefficient (Wildman–Crippen LogP) is -0.141. The van der Waals surface area contributed by atoms with Crippen molar-refractivity contribution in [1.29, 1.82) is 0 Å². The highest BCUT2D eigenvalue weighted by Gasteiger charge is 2.35. The van der Waals surface area contributed by atoms with Crippen molar-refractivity contribution in [2.45, 2.75) is 13.8 Å². The molecule has 1 heterocycles. The van der Waals surface area contributed by atoms with Crippen LogP contribution in [0.5, 0.6) is 0 Å². The lowest BCUT2D eigenvalue weighted by atomic mass is 10.2. The summed E-state index contributed by atoms with van der Waals surface area (Å²) < 4.78 is 0. The molecule has 1 rings (SSSR count). The number of amides is 3. The molecule has 5 heteroatoms. The maximum atomic E-state index is 11.4. The molecule has 0 aliphatic carbocycles. The van der Waals surface area contributed by atoms with Gasteiger partial charge in [-0.25, -0.2) is 4.79 Å². The second-order valence-corrected chi connectivity index (χ2v) is 2.77. The lowest BCUT2D eigenvalue weighted by molar-refractivity contribution is -0.145. The minimum Gasteiger partial charge on any atom is -0.317 e. The van der Waals surface area contributed by atoms with Gasteiger partial charge >= 0.3 is 6.03 Å². The number of ketones is 1. The molecule has 72 valence electrons. The van der Waals surface area contributed by atoms with Crippen molar-refractivity contribution in [3.63, 3.8) is 0 Å². The molecule has 0 atom stereocenters. The van der Waals surface area contributed by atoms with Gasteiger partial charge in [0.2, 0.25) is 5.78 Å². The smallest absolute Gasteiger partial charge is 0.317 e. The van der Waals surface area contributed by atoms with Gasteiger partial charge in [-0.05, 0) is 13.8 Å². The number of urea groups is 1. The Labute approximate surface area is 76.3 Å². The van der Waals surface area contributed by atoms with Crippen LogP contribution in [0.2, 0.25) is 0 Å². The van der Waals surface area contributed by atoms with Gasteiger partial charge in [0.05, 0.1) is 6.54 Å². The molecule has 1 fully saturated rings. The van der Waals surface area contributed by atoms with Crippen molar-refractivity contribution in [2.24, 2.45) is 0 Å². The Kier molecular flexibility index (Phi) is 2.65. The zero-order chi connectivity index (χ0) is 10.0. The first kappa shape index (κ1) is 9.70. The molecular weight excluding hydrogens is 172 g/mol. The number of likely N-dealkylation sites (N-methyl/N-ethyl adjacent to an activating group) is 2. The molecular formula is C8H12N2O3. The molecule has 0 aromatic heterocycles. The van der Waals surface area contributed by atoms with E-state index in [1.54, 1.807) is 13.8 Å². The van der Waals surface area contributed by atoms with Gasteiger partial charge in [0.15, 0.2) is 0 Å². The monoisotopic (exact) mass is 184 g/mol. The van der Waals surface area contributed by atoms with E-state index in [-0.39, 0.29) is 19.1 Å². The molecule has 0 aromatic carbocycles. The Morgan fingerprint density at radius 2 is 1.77 bits per heavy atom. The van der Waals surface area contributed by atoms with Gasteiger partial charge in [0.1, 0.15) is 0 Å². The van der Waals surface area contributed by atoms with Crippen LogP contribution >= 0.6 is 0 Å². The molecule has 0 N–H and O–H groups in total. The van der Waals surface area contributed by atoms with Crippen molar-refractivity contribution >= 4 is 17.7 Å². The summed E-state index contributed by atoms with van der Waals surface area (Å²) >= 11 is 0. The highest BCUT2D eigenvalue weighted by molar-refractivity contribution is 6.41. The van der Waals surface area contributed by atoms with Crippen LogP contribution in [-0.2, 0) is 9.59 Å². The molecule has 13 heavy (non-hydrogen) atoms. The van der Waals surface area contributed by atoms with E-state index in [4.69, 9.17) is 0 Å². The summed E-state index contributed by atoms with van der Waals surface area (Å²) in [6.45, 7) is 4.07. The largest absolute Gasteiger partial charge is 0.327 e. The molecule has 5 nitrogen and oxygen atoms in total. The Hall–Kier alpha value is -1.39. The first-order valence-electron chi connectivity index (χ1n) is 4.25. The number of carbonyl (C=O) groups is 3. The molecule has 0 bridgehead atoms. The Morgan fingerprint density at radius 1 is 1.15 bits per heavy atom. The van der Waals surface area contributed by atoms with E-state index in [2.05, 4.69) is 0 Å². The number of carbonyl (C=O) groups excluding carboxylic acids is 3. The van der Waals surface area contributed by atoms with Gasteiger partial charge in [0.25, 0.3) is 5.91 Å². The second-order valence-electron chi connectivity index (χ2n) is 2.77. The molecule has 0 aromatic rings. The maximum absolute atomic E-state index is 11.4. The number of hydrogen-bond donors (Lipinski definition) is 0. The van der Waals surface area contributed by atoms with Gasteiger partial charge in [0, 0.05) is 13.1 Å². The number of nitrogens with zero attached hydrogens (tertiary/aromatic N) is 2. The van der Waals surface area contributed by atoms with E-state index in [0.29, 0.717) is 6.54 Å². The third-order valence-electron chi connectivity index (χ3n) is 2.02. The minimum atomic E-state index is -0.683. The van der Waals surface area contributed by atoms with Crippen LogP contribution in [0.3, 0.4) is 0 Å². The third kappa shape index (κ3) is 1.54. The minimum absolute atomic E-state index is 0.0787. The van der Waals surface area contributed by atoms with E-state index in [1.807, 2.05) is 0 Å². The van der Waals surface area contributed by atoms with E-state index >= 15 is 0 Å². The van der Waals surface area contributed by atoms with Crippen LogP contribution in [-0.4, -0.2) is 47.2 Å². The molecule has 1 saturated heterocycles. The second kappa shape index (κ2) is 3.55. The van der Waals surface area contributed by atoms with Gasteiger partial charge in [-0.15, -0.1) is 0 Å². The fraction of sp³-hybridized carbons (Fsp3) is 0.625. The summed E-state index contributed by atoms with van der Waals surface area (Å²) in [4.78, 5) is 36.0. The van der Waals surface area contributed by atoms with Crippen LogP contribution in [0.4, 0.5) is 4.79 Å². The van der Waals surface area contributed by atoms with Crippen LogP contribution in [0.1, 0.15) is 13.8 Å². The van der Waals surface area contributed by atoms with E-state index < -0.39 is 11.7 Å². The Morgan fingerprint density at radius 3 is 2.23 bits per heavy atom. The van der Waals surface area contributed by atoms with Gasteiger partial charge in [-0.2, -0.15) is 0 Å². The van der Waals surface area contributed by atoms with E-state index in [9.17, 15) is 14.4 Å². The quantitative estimate of drug-likeness (QED) is 0.561. The van der Waals surface area contributed by atoms with Crippen molar-refractivity contribution in [3.05, 3.63) is 0 Å². The zero-order valence-corrected chi connectivity index (χ0v) is 7.74. The summed E-state index contributed by atoms with van der Waals surface area (Å²) in [7, 11) is 0. The van der Waals surface area contributed by atoms with E-state index in [1.165, 1.54) is 4.90 Å². The van der Waals surface area contributed by atoms with Crippen LogP contribution in [0.25, 0.3) is 0 Å². The SMILES string of the molecule is CCN1CC(=O)C(=O)N(CC)C1=O. The number of hydrogen-bond acceptors (Lipinski definition) is 3.